The van der Waals surface area contributed by atoms with E-state index in [0.717, 1.165) is 5.56 Å². The number of aliphatic hydroxyl groups is 1. The highest BCUT2D eigenvalue weighted by atomic mass is 16.7. The highest BCUT2D eigenvalue weighted by Gasteiger charge is 2.49. The van der Waals surface area contributed by atoms with Crippen molar-refractivity contribution in [1.82, 2.24) is 0 Å². The molecule has 2 aliphatic rings. The van der Waals surface area contributed by atoms with Gasteiger partial charge in [0.15, 0.2) is 17.3 Å². The van der Waals surface area contributed by atoms with Crippen molar-refractivity contribution in [2.24, 2.45) is 0 Å². The van der Waals surface area contributed by atoms with E-state index >= 15 is 0 Å². The maximum Gasteiger partial charge on any atom is 0.345 e. The molecule has 2 aliphatic heterocycles. The Bertz CT molecular complexity index is 1050. The van der Waals surface area contributed by atoms with E-state index in [1.165, 1.54) is 13.4 Å². The lowest BCUT2D eigenvalue weighted by Gasteiger charge is -2.26. The first-order chi connectivity index (χ1) is 15.0. The van der Waals surface area contributed by atoms with Crippen molar-refractivity contribution in [2.75, 3.05) is 28.1 Å². The van der Waals surface area contributed by atoms with E-state index in [0.29, 0.717) is 28.4 Å². The number of cyclic esters (lactones) is 1. The van der Waals surface area contributed by atoms with Gasteiger partial charge < -0.3 is 33.5 Å². The van der Waals surface area contributed by atoms with Crippen LogP contribution in [0.3, 0.4) is 0 Å². The average Bonchev–Trinajstić information content (AvgIpc) is 3.40. The van der Waals surface area contributed by atoms with Gasteiger partial charge in [0.05, 0.1) is 21.3 Å². The van der Waals surface area contributed by atoms with Crippen LogP contribution in [0.1, 0.15) is 11.1 Å². The highest BCUT2D eigenvalue weighted by molar-refractivity contribution is 5.97. The quantitative estimate of drug-likeness (QED) is 0.676. The largest absolute Gasteiger partial charge is 0.497 e. The fourth-order valence-corrected chi connectivity index (χ4v) is 3.61. The van der Waals surface area contributed by atoms with Crippen LogP contribution in [-0.4, -0.2) is 39.2 Å². The molecule has 0 amide bonds. The van der Waals surface area contributed by atoms with Crippen molar-refractivity contribution in [3.8, 4) is 17.2 Å². The molecule has 2 aromatic carbocycles. The van der Waals surface area contributed by atoms with Crippen LogP contribution in [0.25, 0.3) is 0 Å². The van der Waals surface area contributed by atoms with E-state index in [2.05, 4.69) is 0 Å². The first-order valence-electron chi connectivity index (χ1n) is 9.50. The first-order valence-corrected chi connectivity index (χ1v) is 9.50. The zero-order chi connectivity index (χ0) is 22.0. The number of ether oxygens (including phenoxy) is 6. The number of rotatable bonds is 7. The van der Waals surface area contributed by atoms with E-state index in [4.69, 9.17) is 28.4 Å². The third-order valence-electron chi connectivity index (χ3n) is 5.18. The predicted octanol–water partition coefficient (Wildman–Crippen LogP) is 2.80. The number of carbonyl (C=O) groups is 1. The third-order valence-corrected chi connectivity index (χ3v) is 5.18. The molecule has 1 atom stereocenters. The summed E-state index contributed by atoms with van der Waals surface area (Å²) in [4.78, 5) is 12.8. The molecule has 1 N–H and O–H groups in total. The molecule has 8 heteroatoms. The number of methoxy groups -OCH3 is 3. The first kappa shape index (κ1) is 20.6. The Hall–Kier alpha value is -3.65. The Morgan fingerprint density at radius 2 is 1.74 bits per heavy atom. The van der Waals surface area contributed by atoms with Crippen LogP contribution in [0.5, 0.6) is 17.2 Å². The Labute approximate surface area is 179 Å². The lowest BCUT2D eigenvalue weighted by atomic mass is 9.89. The molecular formula is C23H22O8. The summed E-state index contributed by atoms with van der Waals surface area (Å²) in [5.74, 6) is -0.772. The Morgan fingerprint density at radius 3 is 2.35 bits per heavy atom. The molecular weight excluding hydrogens is 404 g/mol. The summed E-state index contributed by atoms with van der Waals surface area (Å²) < 4.78 is 31.9. The molecule has 8 nitrogen and oxygen atoms in total. The molecule has 4 rings (SSSR count). The van der Waals surface area contributed by atoms with Gasteiger partial charge in [-0.2, -0.15) is 0 Å². The lowest BCUT2D eigenvalue weighted by molar-refractivity contribution is -0.186. The van der Waals surface area contributed by atoms with E-state index < -0.39 is 11.8 Å². The zero-order valence-corrected chi connectivity index (χ0v) is 17.3. The predicted molar refractivity (Wildman–Crippen MR) is 108 cm³/mol. The summed E-state index contributed by atoms with van der Waals surface area (Å²) in [6.07, 6.45) is 1.52. The molecule has 1 unspecified atom stereocenters. The molecule has 31 heavy (non-hydrogen) atoms. The normalized spacial score (nSPS) is 20.0. The fraction of sp³-hybridized carbons (Fsp3) is 0.261. The van der Waals surface area contributed by atoms with Crippen LogP contribution in [-0.2, 0) is 31.2 Å². The molecule has 2 heterocycles. The van der Waals surface area contributed by atoms with Crippen LogP contribution in [0.15, 0.2) is 65.6 Å². The monoisotopic (exact) mass is 426 g/mol. The summed E-state index contributed by atoms with van der Waals surface area (Å²) in [7, 11) is 4.63. The van der Waals surface area contributed by atoms with Crippen LogP contribution < -0.4 is 14.2 Å². The smallest absolute Gasteiger partial charge is 0.345 e. The lowest BCUT2D eigenvalue weighted by Crippen LogP contribution is -2.29. The van der Waals surface area contributed by atoms with Gasteiger partial charge in [0.25, 0.3) is 5.79 Å². The average molecular weight is 426 g/mol. The van der Waals surface area contributed by atoms with Gasteiger partial charge in [-0.25, -0.2) is 4.79 Å². The van der Waals surface area contributed by atoms with Gasteiger partial charge in [0, 0.05) is 17.6 Å². The SMILES string of the molecule is COc1ccc(C2(O)OC(=O)C(C3=COCO3)=C2Cc2ccc(OC)c(OC)c2)cc1. The molecule has 0 saturated carbocycles. The van der Waals surface area contributed by atoms with E-state index in [1.54, 1.807) is 50.6 Å². The summed E-state index contributed by atoms with van der Waals surface area (Å²) in [6, 6.07) is 12.0. The molecule has 162 valence electrons. The van der Waals surface area contributed by atoms with Crippen molar-refractivity contribution in [3.05, 3.63) is 76.8 Å². The number of esters is 1. The van der Waals surface area contributed by atoms with Gasteiger partial charge in [0.1, 0.15) is 17.6 Å². The topological polar surface area (TPSA) is 92.7 Å². The highest BCUT2D eigenvalue weighted by Crippen LogP contribution is 2.44. The van der Waals surface area contributed by atoms with Gasteiger partial charge in [-0.15, -0.1) is 0 Å². The van der Waals surface area contributed by atoms with Gasteiger partial charge in [-0.3, -0.25) is 0 Å². The second-order valence-corrected chi connectivity index (χ2v) is 6.89. The minimum absolute atomic E-state index is 0.0171. The van der Waals surface area contributed by atoms with Crippen molar-refractivity contribution >= 4 is 5.97 Å². The summed E-state index contributed by atoms with van der Waals surface area (Å²) in [5, 5.41) is 11.6. The van der Waals surface area contributed by atoms with Gasteiger partial charge in [-0.05, 0) is 42.0 Å². The minimum atomic E-state index is -1.99. The van der Waals surface area contributed by atoms with Crippen LogP contribution in [0.2, 0.25) is 0 Å². The molecule has 0 fully saturated rings. The molecule has 2 aromatic rings. The van der Waals surface area contributed by atoms with Crippen molar-refractivity contribution in [3.63, 3.8) is 0 Å². The van der Waals surface area contributed by atoms with Gasteiger partial charge in [0.2, 0.25) is 6.79 Å². The third kappa shape index (κ3) is 3.66. The van der Waals surface area contributed by atoms with E-state index in [1.807, 2.05) is 6.07 Å². The summed E-state index contributed by atoms with van der Waals surface area (Å²) in [5.41, 5.74) is 1.61. The number of carbonyl (C=O) groups excluding carboxylic acids is 1. The Morgan fingerprint density at radius 1 is 1.00 bits per heavy atom. The molecule has 0 radical (unpaired) electrons. The molecule has 0 aliphatic carbocycles. The van der Waals surface area contributed by atoms with Crippen LogP contribution in [0.4, 0.5) is 0 Å². The minimum Gasteiger partial charge on any atom is -0.497 e. The van der Waals surface area contributed by atoms with Crippen LogP contribution >= 0.6 is 0 Å². The van der Waals surface area contributed by atoms with Gasteiger partial charge >= 0.3 is 5.97 Å². The number of hydrogen-bond acceptors (Lipinski definition) is 8. The zero-order valence-electron chi connectivity index (χ0n) is 17.3. The Balaban J connectivity index is 1.81. The second-order valence-electron chi connectivity index (χ2n) is 6.89. The second kappa shape index (κ2) is 8.23. The maximum atomic E-state index is 12.8. The number of hydrogen-bond donors (Lipinski definition) is 1. The summed E-state index contributed by atoms with van der Waals surface area (Å²) in [6.45, 7) is -0.0171. The summed E-state index contributed by atoms with van der Waals surface area (Å²) >= 11 is 0. The van der Waals surface area contributed by atoms with E-state index in [-0.39, 0.29) is 24.5 Å². The van der Waals surface area contributed by atoms with Crippen molar-refractivity contribution in [1.29, 1.82) is 0 Å². The van der Waals surface area contributed by atoms with E-state index in [9.17, 15) is 9.90 Å². The van der Waals surface area contributed by atoms with Crippen molar-refractivity contribution in [2.45, 2.75) is 12.2 Å². The van der Waals surface area contributed by atoms with Gasteiger partial charge in [-0.1, -0.05) is 6.07 Å². The van der Waals surface area contributed by atoms with Crippen molar-refractivity contribution < 1.29 is 38.3 Å². The fourth-order valence-electron chi connectivity index (χ4n) is 3.61. The maximum absolute atomic E-state index is 12.8. The van der Waals surface area contributed by atoms with Crippen LogP contribution in [0, 0.1) is 0 Å². The molecule has 0 saturated heterocycles. The molecule has 0 aromatic heterocycles. The molecule has 0 spiro atoms. The molecule has 0 bridgehead atoms. The standard InChI is InChI=1S/C23H22O8/c1-26-16-7-5-15(6-8-16)23(25)17(21(22(24)31-23)20-12-29-13-30-20)10-14-4-9-18(27-2)19(11-14)28-3/h4-9,11-12,25H,10,13H2,1-3H3. The Kier molecular flexibility index (Phi) is 5.48. The number of benzene rings is 2.